The smallest absolute Gasteiger partial charge is 0.185 e. The molecular formula is C26H25N7. The molecule has 0 amide bonds. The van der Waals surface area contributed by atoms with Gasteiger partial charge in [0.1, 0.15) is 6.33 Å². The molecule has 0 unspecified atom stereocenters. The Morgan fingerprint density at radius 3 is 2.67 bits per heavy atom. The van der Waals surface area contributed by atoms with E-state index >= 15 is 0 Å². The highest BCUT2D eigenvalue weighted by Gasteiger charge is 2.26. The fourth-order valence-corrected chi connectivity index (χ4v) is 5.02. The SMILES string of the molecule is CN(C)[C@@H]1CCN(c2ccc3c(c2)Cn2cc(-c4ccc(C#N)cc4)cc2-c2nncn2-3)C1. The summed E-state index contributed by atoms with van der Waals surface area (Å²) in [5.41, 5.74) is 7.56. The first-order chi connectivity index (χ1) is 16.1. The van der Waals surface area contributed by atoms with Gasteiger partial charge in [-0.2, -0.15) is 5.26 Å². The van der Waals surface area contributed by atoms with Crippen LogP contribution in [0.5, 0.6) is 0 Å². The molecule has 1 saturated heterocycles. The Hall–Kier alpha value is -3.89. The molecule has 1 atom stereocenters. The van der Waals surface area contributed by atoms with Gasteiger partial charge in [-0.1, -0.05) is 12.1 Å². The van der Waals surface area contributed by atoms with Gasteiger partial charge in [-0.3, -0.25) is 4.57 Å². The van der Waals surface area contributed by atoms with Crippen LogP contribution in [0.1, 0.15) is 17.5 Å². The predicted octanol–water partition coefficient (Wildman–Crippen LogP) is 3.78. The number of benzene rings is 2. The number of fused-ring (bicyclic) bond motifs is 5. The Bertz CT molecular complexity index is 1370. The van der Waals surface area contributed by atoms with Crippen LogP contribution in [0.25, 0.3) is 28.3 Å². The number of hydrogen-bond donors (Lipinski definition) is 0. The second-order valence-corrected chi connectivity index (χ2v) is 9.12. The molecule has 1 fully saturated rings. The van der Waals surface area contributed by atoms with E-state index in [1.165, 1.54) is 17.7 Å². The fourth-order valence-electron chi connectivity index (χ4n) is 5.02. The van der Waals surface area contributed by atoms with Crippen molar-refractivity contribution in [2.75, 3.05) is 32.1 Å². The average Bonchev–Trinajstić information content (AvgIpc) is 3.58. The number of likely N-dealkylation sites (N-methyl/N-ethyl adjacent to an activating group) is 1. The first kappa shape index (κ1) is 19.8. The first-order valence-electron chi connectivity index (χ1n) is 11.3. The number of hydrogen-bond acceptors (Lipinski definition) is 5. The molecule has 0 spiro atoms. The highest BCUT2D eigenvalue weighted by molar-refractivity contribution is 5.72. The molecule has 7 heteroatoms. The molecule has 2 aromatic heterocycles. The van der Waals surface area contributed by atoms with Crippen molar-refractivity contribution >= 4 is 5.69 Å². The van der Waals surface area contributed by atoms with Gasteiger partial charge >= 0.3 is 0 Å². The van der Waals surface area contributed by atoms with Crippen LogP contribution in [0.15, 0.2) is 61.1 Å². The summed E-state index contributed by atoms with van der Waals surface area (Å²) in [5, 5.41) is 17.8. The molecule has 4 heterocycles. The van der Waals surface area contributed by atoms with Crippen molar-refractivity contribution in [2.24, 2.45) is 0 Å². The molecular weight excluding hydrogens is 410 g/mol. The third kappa shape index (κ3) is 3.31. The van der Waals surface area contributed by atoms with Crippen molar-refractivity contribution < 1.29 is 0 Å². The van der Waals surface area contributed by atoms with Crippen LogP contribution < -0.4 is 4.90 Å². The van der Waals surface area contributed by atoms with E-state index in [0.717, 1.165) is 48.0 Å². The number of nitrogens with zero attached hydrogens (tertiary/aromatic N) is 7. The van der Waals surface area contributed by atoms with Crippen molar-refractivity contribution in [3.8, 4) is 34.4 Å². The van der Waals surface area contributed by atoms with Gasteiger partial charge in [0.05, 0.1) is 23.0 Å². The molecule has 0 radical (unpaired) electrons. The normalized spacial score (nSPS) is 16.8. The first-order valence-corrected chi connectivity index (χ1v) is 11.3. The van der Waals surface area contributed by atoms with Crippen LogP contribution in [0.2, 0.25) is 0 Å². The van der Waals surface area contributed by atoms with Crippen molar-refractivity contribution in [1.29, 1.82) is 5.26 Å². The van der Waals surface area contributed by atoms with E-state index < -0.39 is 0 Å². The van der Waals surface area contributed by atoms with Gasteiger partial charge in [0.15, 0.2) is 5.82 Å². The highest BCUT2D eigenvalue weighted by atomic mass is 15.3. The second-order valence-electron chi connectivity index (χ2n) is 9.12. The Morgan fingerprint density at radius 1 is 1.06 bits per heavy atom. The van der Waals surface area contributed by atoms with Gasteiger partial charge in [0, 0.05) is 43.1 Å². The van der Waals surface area contributed by atoms with E-state index in [9.17, 15) is 0 Å². The highest BCUT2D eigenvalue weighted by Crippen LogP contribution is 2.35. The molecule has 33 heavy (non-hydrogen) atoms. The lowest BCUT2D eigenvalue weighted by Crippen LogP contribution is -2.31. The zero-order valence-electron chi connectivity index (χ0n) is 18.8. The van der Waals surface area contributed by atoms with E-state index in [1.54, 1.807) is 6.33 Å². The molecule has 164 valence electrons. The minimum absolute atomic E-state index is 0.597. The Labute approximate surface area is 193 Å². The summed E-state index contributed by atoms with van der Waals surface area (Å²) in [4.78, 5) is 4.81. The van der Waals surface area contributed by atoms with Crippen LogP contribution >= 0.6 is 0 Å². The van der Waals surface area contributed by atoms with Gasteiger partial charge in [-0.05, 0) is 68.0 Å². The van der Waals surface area contributed by atoms with Gasteiger partial charge in [-0.15, -0.1) is 10.2 Å². The summed E-state index contributed by atoms with van der Waals surface area (Å²) >= 11 is 0. The Morgan fingerprint density at radius 2 is 1.91 bits per heavy atom. The maximum Gasteiger partial charge on any atom is 0.185 e. The Kier molecular flexibility index (Phi) is 4.56. The standard InChI is InChI=1S/C26H25N7/c1-30(2)23-9-10-31(16-23)22-7-8-24-21(11-22)15-32-14-20(19-5-3-18(13-27)4-6-19)12-25(32)26-29-28-17-33(24)26/h3-8,11-12,14,17,23H,9-10,15-16H2,1-2H3/t23-/m1/s1. The number of rotatable bonds is 3. The van der Waals surface area contributed by atoms with Gasteiger partial charge in [0.25, 0.3) is 0 Å². The van der Waals surface area contributed by atoms with E-state index in [-0.39, 0.29) is 0 Å². The molecule has 0 aliphatic carbocycles. The average molecular weight is 436 g/mol. The third-order valence-corrected chi connectivity index (χ3v) is 6.94. The lowest BCUT2D eigenvalue weighted by atomic mass is 10.1. The number of aromatic nitrogens is 4. The maximum atomic E-state index is 9.11. The third-order valence-electron chi connectivity index (χ3n) is 6.94. The molecule has 2 aliphatic rings. The summed E-state index contributed by atoms with van der Waals surface area (Å²) in [6.45, 7) is 2.90. The topological polar surface area (TPSA) is 65.9 Å². The van der Waals surface area contributed by atoms with E-state index in [0.29, 0.717) is 11.6 Å². The molecule has 0 bridgehead atoms. The lowest BCUT2D eigenvalue weighted by Gasteiger charge is -2.23. The van der Waals surface area contributed by atoms with Crippen LogP contribution in [0.3, 0.4) is 0 Å². The minimum Gasteiger partial charge on any atom is -0.370 e. The monoisotopic (exact) mass is 435 g/mol. The molecule has 0 saturated carbocycles. The zero-order valence-corrected chi connectivity index (χ0v) is 18.8. The summed E-state index contributed by atoms with van der Waals surface area (Å²) in [5.74, 6) is 0.843. The minimum atomic E-state index is 0.597. The summed E-state index contributed by atoms with van der Waals surface area (Å²) < 4.78 is 4.35. The predicted molar refractivity (Wildman–Crippen MR) is 128 cm³/mol. The summed E-state index contributed by atoms with van der Waals surface area (Å²) in [6.07, 6.45) is 5.17. The number of anilines is 1. The second kappa shape index (κ2) is 7.61. The molecule has 7 nitrogen and oxygen atoms in total. The van der Waals surface area contributed by atoms with E-state index in [1.807, 2.05) is 24.3 Å². The number of nitriles is 1. The molecule has 6 rings (SSSR count). The van der Waals surface area contributed by atoms with Crippen molar-refractivity contribution in [2.45, 2.75) is 19.0 Å². The largest absolute Gasteiger partial charge is 0.370 e. The van der Waals surface area contributed by atoms with Gasteiger partial charge in [0.2, 0.25) is 0 Å². The van der Waals surface area contributed by atoms with Gasteiger partial charge in [-0.25, -0.2) is 0 Å². The van der Waals surface area contributed by atoms with Crippen LogP contribution in [-0.2, 0) is 6.54 Å². The molecule has 0 N–H and O–H groups in total. The lowest BCUT2D eigenvalue weighted by molar-refractivity contribution is 0.315. The molecule has 2 aliphatic heterocycles. The van der Waals surface area contributed by atoms with E-state index in [2.05, 4.69) is 79.8 Å². The summed E-state index contributed by atoms with van der Waals surface area (Å²) in [7, 11) is 4.33. The van der Waals surface area contributed by atoms with Crippen LogP contribution in [-0.4, -0.2) is 57.5 Å². The Balaban J connectivity index is 1.40. The van der Waals surface area contributed by atoms with Crippen molar-refractivity contribution in [1.82, 2.24) is 24.2 Å². The molecule has 2 aromatic carbocycles. The maximum absolute atomic E-state index is 9.11. The quantitative estimate of drug-likeness (QED) is 0.432. The molecule has 4 aromatic rings. The fraction of sp³-hybridized carbons (Fsp3) is 0.269. The van der Waals surface area contributed by atoms with Crippen molar-refractivity contribution in [3.63, 3.8) is 0 Å². The summed E-state index contributed by atoms with van der Waals surface area (Å²) in [6, 6.07) is 19.4. The van der Waals surface area contributed by atoms with Gasteiger partial charge < -0.3 is 14.4 Å². The van der Waals surface area contributed by atoms with Crippen molar-refractivity contribution in [3.05, 3.63) is 72.2 Å². The zero-order chi connectivity index (χ0) is 22.5. The van der Waals surface area contributed by atoms with E-state index in [4.69, 9.17) is 5.26 Å². The van der Waals surface area contributed by atoms with Crippen LogP contribution in [0, 0.1) is 11.3 Å². The van der Waals surface area contributed by atoms with Crippen LogP contribution in [0.4, 0.5) is 5.69 Å².